The van der Waals surface area contributed by atoms with Gasteiger partial charge in [-0.3, -0.25) is 19.2 Å². The molecule has 0 saturated heterocycles. The molecule has 1 aromatic rings. The Hall–Kier alpha value is -3.75. The summed E-state index contributed by atoms with van der Waals surface area (Å²) in [6.07, 6.45) is 0.432. The zero-order valence-corrected chi connectivity index (χ0v) is 20.3. The predicted molar refractivity (Wildman–Crippen MR) is 130 cm³/mol. The van der Waals surface area contributed by atoms with E-state index in [-0.39, 0.29) is 31.4 Å². The lowest BCUT2D eigenvalue weighted by atomic mass is 10.0. The number of hydrogen-bond acceptors (Lipinski definition) is 9. The normalized spacial score (nSPS) is 14.0. The van der Waals surface area contributed by atoms with E-state index >= 15 is 0 Å². The highest BCUT2D eigenvalue weighted by atomic mass is 16.4. The molecule has 3 amide bonds. The molecule has 0 bridgehead atoms. The lowest BCUT2D eigenvalue weighted by Gasteiger charge is -2.24. The molecule has 206 valence electrons. The fourth-order valence-electron chi connectivity index (χ4n) is 3.25. The van der Waals surface area contributed by atoms with E-state index < -0.39 is 60.4 Å². The van der Waals surface area contributed by atoms with Gasteiger partial charge in [0.15, 0.2) is 0 Å². The van der Waals surface area contributed by atoms with Crippen molar-refractivity contribution in [1.29, 1.82) is 0 Å². The van der Waals surface area contributed by atoms with Crippen LogP contribution in [0.5, 0.6) is 5.75 Å². The van der Waals surface area contributed by atoms with Crippen LogP contribution in [0.4, 0.5) is 0 Å². The first-order valence-corrected chi connectivity index (χ1v) is 11.7. The maximum atomic E-state index is 13.0. The second-order valence-corrected chi connectivity index (χ2v) is 8.40. The van der Waals surface area contributed by atoms with Crippen LogP contribution in [0.15, 0.2) is 24.3 Å². The smallest absolute Gasteiger partial charge is 0.326 e. The van der Waals surface area contributed by atoms with E-state index in [1.807, 2.05) is 0 Å². The van der Waals surface area contributed by atoms with Gasteiger partial charge in [0.2, 0.25) is 17.7 Å². The van der Waals surface area contributed by atoms with Crippen molar-refractivity contribution in [2.45, 2.75) is 62.7 Å². The average Bonchev–Trinajstić information content (AvgIpc) is 2.85. The number of carboxylic acid groups (broad SMARTS) is 2. The fourth-order valence-corrected chi connectivity index (χ4v) is 3.25. The number of aliphatic carboxylic acids is 2. The van der Waals surface area contributed by atoms with E-state index in [1.54, 1.807) is 0 Å². The maximum Gasteiger partial charge on any atom is 0.326 e. The number of aliphatic hydroxyl groups excluding tert-OH is 1. The van der Waals surface area contributed by atoms with Crippen LogP contribution in [-0.4, -0.2) is 87.4 Å². The monoisotopic (exact) mass is 525 g/mol. The highest BCUT2D eigenvalue weighted by molar-refractivity contribution is 5.94. The van der Waals surface area contributed by atoms with Crippen LogP contribution in [0, 0.1) is 0 Å². The summed E-state index contributed by atoms with van der Waals surface area (Å²) in [6.45, 7) is -0.506. The SMILES string of the molecule is NCCCCC(NC(=O)C(CO)NC(=O)C(Cc1ccc(O)cc1)NC(=O)C(N)CCC(=O)O)C(=O)O. The van der Waals surface area contributed by atoms with Crippen LogP contribution in [0.25, 0.3) is 0 Å². The molecule has 1 rings (SSSR count). The number of carbonyl (C=O) groups excluding carboxylic acids is 3. The van der Waals surface area contributed by atoms with Crippen LogP contribution >= 0.6 is 0 Å². The molecule has 11 N–H and O–H groups in total. The third-order valence-electron chi connectivity index (χ3n) is 5.39. The lowest BCUT2D eigenvalue weighted by Crippen LogP contribution is -2.58. The Morgan fingerprint density at radius 1 is 0.811 bits per heavy atom. The Morgan fingerprint density at radius 3 is 1.92 bits per heavy atom. The number of carboxylic acids is 2. The summed E-state index contributed by atoms with van der Waals surface area (Å²) in [6, 6.07) is 0.426. The Kier molecular flexibility index (Phi) is 13.6. The zero-order chi connectivity index (χ0) is 28.0. The Balaban J connectivity index is 2.98. The van der Waals surface area contributed by atoms with Gasteiger partial charge in [0.05, 0.1) is 12.6 Å². The van der Waals surface area contributed by atoms with Crippen LogP contribution in [-0.2, 0) is 30.4 Å². The number of nitrogens with one attached hydrogen (secondary N) is 3. The standard InChI is InChI=1S/C23H35N5O9/c24-10-2-1-3-16(23(36)37)26-22(35)18(12-29)28-21(34)17(11-13-4-6-14(30)7-5-13)27-20(33)15(25)8-9-19(31)32/h4-7,15-18,29-30H,1-3,8-12,24-25H2,(H,26,35)(H,27,33)(H,28,34)(H,31,32)(H,36,37). The molecule has 0 fully saturated rings. The molecule has 37 heavy (non-hydrogen) atoms. The lowest BCUT2D eigenvalue weighted by molar-refractivity contribution is -0.143. The Morgan fingerprint density at radius 2 is 1.38 bits per heavy atom. The van der Waals surface area contributed by atoms with Crippen molar-refractivity contribution in [3.8, 4) is 5.75 Å². The number of phenolic OH excluding ortho intramolecular Hbond substituents is 1. The Labute approximate surface area is 213 Å². The minimum absolute atomic E-state index is 0.0269. The number of benzene rings is 1. The summed E-state index contributed by atoms with van der Waals surface area (Å²) < 4.78 is 0. The molecule has 0 aliphatic carbocycles. The van der Waals surface area contributed by atoms with Gasteiger partial charge in [0.25, 0.3) is 0 Å². The molecule has 0 aromatic heterocycles. The van der Waals surface area contributed by atoms with E-state index in [9.17, 15) is 39.3 Å². The van der Waals surface area contributed by atoms with E-state index in [0.29, 0.717) is 24.9 Å². The molecule has 0 radical (unpaired) electrons. The van der Waals surface area contributed by atoms with Gasteiger partial charge < -0.3 is 47.8 Å². The first-order valence-electron chi connectivity index (χ1n) is 11.7. The molecule has 4 atom stereocenters. The largest absolute Gasteiger partial charge is 0.508 e. The van der Waals surface area contributed by atoms with Crippen molar-refractivity contribution in [1.82, 2.24) is 16.0 Å². The van der Waals surface area contributed by atoms with Gasteiger partial charge in [-0.15, -0.1) is 0 Å². The summed E-state index contributed by atoms with van der Waals surface area (Å²) in [7, 11) is 0. The fraction of sp³-hybridized carbons (Fsp3) is 0.522. The Bertz CT molecular complexity index is 926. The number of amides is 3. The number of hydrogen-bond donors (Lipinski definition) is 9. The van der Waals surface area contributed by atoms with E-state index in [2.05, 4.69) is 16.0 Å². The highest BCUT2D eigenvalue weighted by Crippen LogP contribution is 2.12. The molecular weight excluding hydrogens is 490 g/mol. The van der Waals surface area contributed by atoms with Gasteiger partial charge in [0.1, 0.15) is 23.9 Å². The zero-order valence-electron chi connectivity index (χ0n) is 20.3. The van der Waals surface area contributed by atoms with Crippen molar-refractivity contribution in [3.63, 3.8) is 0 Å². The highest BCUT2D eigenvalue weighted by Gasteiger charge is 2.30. The van der Waals surface area contributed by atoms with E-state index in [4.69, 9.17) is 16.6 Å². The topological polar surface area (TPSA) is 254 Å². The summed E-state index contributed by atoms with van der Waals surface area (Å²) in [4.78, 5) is 60.3. The van der Waals surface area contributed by atoms with E-state index in [1.165, 1.54) is 24.3 Å². The number of aliphatic hydroxyl groups is 1. The molecule has 4 unspecified atom stereocenters. The molecule has 1 aromatic carbocycles. The average molecular weight is 526 g/mol. The predicted octanol–water partition coefficient (Wildman–Crippen LogP) is -2.21. The van der Waals surface area contributed by atoms with Crippen LogP contribution < -0.4 is 27.4 Å². The van der Waals surface area contributed by atoms with Crippen molar-refractivity contribution >= 4 is 29.7 Å². The van der Waals surface area contributed by atoms with Gasteiger partial charge in [0, 0.05) is 12.8 Å². The van der Waals surface area contributed by atoms with Crippen LogP contribution in [0.2, 0.25) is 0 Å². The summed E-state index contributed by atoms with van der Waals surface area (Å²) in [5, 5.41) is 44.3. The van der Waals surface area contributed by atoms with Crippen molar-refractivity contribution < 1.29 is 44.4 Å². The molecular formula is C23H35N5O9. The van der Waals surface area contributed by atoms with Crippen molar-refractivity contribution in [3.05, 3.63) is 29.8 Å². The number of carbonyl (C=O) groups is 5. The number of phenols is 1. The molecule has 0 saturated carbocycles. The third kappa shape index (κ3) is 11.7. The summed E-state index contributed by atoms with van der Waals surface area (Å²) >= 11 is 0. The van der Waals surface area contributed by atoms with Crippen LogP contribution in [0.1, 0.15) is 37.7 Å². The molecule has 14 nitrogen and oxygen atoms in total. The summed E-state index contributed by atoms with van der Waals surface area (Å²) in [5.74, 6) is -5.10. The molecule has 0 aliphatic rings. The number of aromatic hydroxyl groups is 1. The number of rotatable bonds is 17. The van der Waals surface area contributed by atoms with Gasteiger partial charge >= 0.3 is 11.9 Å². The number of unbranched alkanes of at least 4 members (excludes halogenated alkanes) is 1. The number of nitrogens with two attached hydrogens (primary N) is 2. The minimum Gasteiger partial charge on any atom is -0.508 e. The second-order valence-electron chi connectivity index (χ2n) is 8.40. The third-order valence-corrected chi connectivity index (χ3v) is 5.39. The minimum atomic E-state index is -1.52. The maximum absolute atomic E-state index is 13.0. The first-order chi connectivity index (χ1) is 17.5. The van der Waals surface area contributed by atoms with Gasteiger partial charge in [-0.25, -0.2) is 4.79 Å². The van der Waals surface area contributed by atoms with Crippen molar-refractivity contribution in [2.24, 2.45) is 11.5 Å². The van der Waals surface area contributed by atoms with Gasteiger partial charge in [-0.05, 0) is 49.9 Å². The first kappa shape index (κ1) is 31.3. The van der Waals surface area contributed by atoms with Gasteiger partial charge in [-0.2, -0.15) is 0 Å². The molecule has 0 spiro atoms. The molecule has 0 heterocycles. The van der Waals surface area contributed by atoms with Gasteiger partial charge in [-0.1, -0.05) is 12.1 Å². The van der Waals surface area contributed by atoms with E-state index in [0.717, 1.165) is 0 Å². The molecule has 0 aliphatic heterocycles. The molecule has 14 heteroatoms. The summed E-state index contributed by atoms with van der Waals surface area (Å²) in [5.41, 5.74) is 11.6. The quantitative estimate of drug-likeness (QED) is 0.0985. The van der Waals surface area contributed by atoms with Crippen LogP contribution in [0.3, 0.4) is 0 Å². The van der Waals surface area contributed by atoms with Crippen molar-refractivity contribution in [2.75, 3.05) is 13.2 Å². The second kappa shape index (κ2) is 16.1.